The maximum Gasteiger partial charge on any atom is 0.255 e. The van der Waals surface area contributed by atoms with Crippen molar-refractivity contribution in [2.45, 2.75) is 25.8 Å². The zero-order chi connectivity index (χ0) is 13.2. The van der Waals surface area contributed by atoms with Crippen LogP contribution in [0.4, 0.5) is 5.69 Å². The Balaban J connectivity index is 2.18. The lowest BCUT2D eigenvalue weighted by atomic mass is 10.0. The van der Waals surface area contributed by atoms with Crippen molar-refractivity contribution in [3.63, 3.8) is 0 Å². The highest BCUT2D eigenvalue weighted by atomic mass is 16.5. The summed E-state index contributed by atoms with van der Waals surface area (Å²) in [6.45, 7) is 5.15. The van der Waals surface area contributed by atoms with E-state index in [0.717, 1.165) is 17.8 Å². The van der Waals surface area contributed by atoms with Gasteiger partial charge in [-0.25, -0.2) is 0 Å². The third-order valence-corrected chi connectivity index (χ3v) is 3.19. The van der Waals surface area contributed by atoms with Gasteiger partial charge in [0.15, 0.2) is 0 Å². The molecular formula is C13H19N3O2. The average molecular weight is 249 g/mol. The number of ether oxygens (including phenoxy) is 1. The number of amides is 1. The molecule has 1 amide bonds. The first kappa shape index (κ1) is 12.8. The zero-order valence-electron chi connectivity index (χ0n) is 11.0. The van der Waals surface area contributed by atoms with Crippen LogP contribution >= 0.6 is 0 Å². The van der Waals surface area contributed by atoms with Crippen LogP contribution in [0.3, 0.4) is 0 Å². The van der Waals surface area contributed by atoms with Crippen molar-refractivity contribution in [1.29, 1.82) is 0 Å². The van der Waals surface area contributed by atoms with Gasteiger partial charge in [-0.05, 0) is 26.3 Å². The van der Waals surface area contributed by atoms with Crippen LogP contribution in [0.15, 0.2) is 12.3 Å². The Labute approximate surface area is 107 Å². The third kappa shape index (κ3) is 2.61. The summed E-state index contributed by atoms with van der Waals surface area (Å²) in [5, 5.41) is 6.04. The Morgan fingerprint density at radius 1 is 1.56 bits per heavy atom. The molecule has 2 rings (SSSR count). The van der Waals surface area contributed by atoms with Crippen molar-refractivity contribution in [2.24, 2.45) is 0 Å². The Bertz CT molecular complexity index is 454. The molecule has 1 aliphatic rings. The summed E-state index contributed by atoms with van der Waals surface area (Å²) in [5.41, 5.74) is 1.97. The van der Waals surface area contributed by atoms with E-state index in [1.54, 1.807) is 13.2 Å². The minimum atomic E-state index is -0.271. The van der Waals surface area contributed by atoms with E-state index in [1.807, 2.05) is 19.9 Å². The summed E-state index contributed by atoms with van der Waals surface area (Å²) in [7, 11) is 1.80. The van der Waals surface area contributed by atoms with E-state index < -0.39 is 0 Å². The normalized spacial score (nSPS) is 22.8. The topological polar surface area (TPSA) is 63.2 Å². The Morgan fingerprint density at radius 2 is 2.33 bits per heavy atom. The van der Waals surface area contributed by atoms with Crippen molar-refractivity contribution >= 4 is 11.6 Å². The number of nitrogens with one attached hydrogen (secondary N) is 2. The van der Waals surface area contributed by atoms with E-state index in [1.165, 1.54) is 0 Å². The molecule has 1 saturated heterocycles. The van der Waals surface area contributed by atoms with Gasteiger partial charge in [-0.15, -0.1) is 0 Å². The standard InChI is InChI=1S/C13H19N3O2/c1-9-6-11(14-3)10(7-15-9)12(17)16-13(2)4-5-18-8-13/h6-7H,4-5,8H2,1-3H3,(H,14,15)(H,16,17). The lowest BCUT2D eigenvalue weighted by Gasteiger charge is -2.24. The van der Waals surface area contributed by atoms with E-state index in [0.29, 0.717) is 18.8 Å². The van der Waals surface area contributed by atoms with Gasteiger partial charge in [-0.2, -0.15) is 0 Å². The predicted molar refractivity (Wildman–Crippen MR) is 69.8 cm³/mol. The first-order valence-corrected chi connectivity index (χ1v) is 6.09. The van der Waals surface area contributed by atoms with E-state index in [-0.39, 0.29) is 11.4 Å². The predicted octanol–water partition coefficient (Wildman–Crippen LogP) is 1.34. The third-order valence-electron chi connectivity index (χ3n) is 3.19. The van der Waals surface area contributed by atoms with E-state index >= 15 is 0 Å². The van der Waals surface area contributed by atoms with Crippen LogP contribution in [0.5, 0.6) is 0 Å². The van der Waals surface area contributed by atoms with Crippen molar-refractivity contribution in [3.8, 4) is 0 Å². The van der Waals surface area contributed by atoms with Crippen molar-refractivity contribution in [3.05, 3.63) is 23.5 Å². The van der Waals surface area contributed by atoms with Gasteiger partial charge in [0.05, 0.1) is 23.4 Å². The smallest absolute Gasteiger partial charge is 0.255 e. The lowest BCUT2D eigenvalue weighted by molar-refractivity contribution is 0.0890. The quantitative estimate of drug-likeness (QED) is 0.848. The molecule has 1 unspecified atom stereocenters. The van der Waals surface area contributed by atoms with Crippen LogP contribution < -0.4 is 10.6 Å². The summed E-state index contributed by atoms with van der Waals surface area (Å²) >= 11 is 0. The van der Waals surface area contributed by atoms with Crippen LogP contribution in [0, 0.1) is 6.92 Å². The van der Waals surface area contributed by atoms with Gasteiger partial charge < -0.3 is 15.4 Å². The zero-order valence-corrected chi connectivity index (χ0v) is 11.0. The first-order valence-electron chi connectivity index (χ1n) is 6.09. The van der Waals surface area contributed by atoms with Gasteiger partial charge in [0.2, 0.25) is 0 Å². The molecule has 5 heteroatoms. The second kappa shape index (κ2) is 4.94. The summed E-state index contributed by atoms with van der Waals surface area (Å²) in [5.74, 6) is -0.111. The number of carbonyl (C=O) groups excluding carboxylic acids is 1. The van der Waals surface area contributed by atoms with Gasteiger partial charge in [0.25, 0.3) is 5.91 Å². The van der Waals surface area contributed by atoms with Crippen LogP contribution in [0.25, 0.3) is 0 Å². The Kier molecular flexibility index (Phi) is 3.52. The molecule has 18 heavy (non-hydrogen) atoms. The molecule has 2 N–H and O–H groups in total. The second-order valence-electron chi connectivity index (χ2n) is 4.94. The second-order valence-corrected chi connectivity index (χ2v) is 4.94. The van der Waals surface area contributed by atoms with E-state index in [9.17, 15) is 4.79 Å². The molecule has 1 atom stereocenters. The first-order chi connectivity index (χ1) is 8.54. The number of aromatic nitrogens is 1. The molecule has 0 bridgehead atoms. The highest BCUT2D eigenvalue weighted by Gasteiger charge is 2.32. The Morgan fingerprint density at radius 3 is 2.94 bits per heavy atom. The van der Waals surface area contributed by atoms with Crippen molar-refractivity contribution in [2.75, 3.05) is 25.6 Å². The minimum absolute atomic E-state index is 0.111. The van der Waals surface area contributed by atoms with Crippen LogP contribution in [-0.4, -0.2) is 36.7 Å². The number of hydrogen-bond donors (Lipinski definition) is 2. The molecular weight excluding hydrogens is 230 g/mol. The Hall–Kier alpha value is -1.62. The number of pyridine rings is 1. The molecule has 0 aromatic carbocycles. The molecule has 0 radical (unpaired) electrons. The number of anilines is 1. The molecule has 1 fully saturated rings. The maximum absolute atomic E-state index is 12.3. The van der Waals surface area contributed by atoms with E-state index in [2.05, 4.69) is 15.6 Å². The molecule has 0 spiro atoms. The number of aryl methyl sites for hydroxylation is 1. The SMILES string of the molecule is CNc1cc(C)ncc1C(=O)NC1(C)CCOC1. The van der Waals surface area contributed by atoms with Gasteiger partial charge >= 0.3 is 0 Å². The number of hydrogen-bond acceptors (Lipinski definition) is 4. The largest absolute Gasteiger partial charge is 0.387 e. The van der Waals surface area contributed by atoms with Crippen molar-refractivity contribution < 1.29 is 9.53 Å². The summed E-state index contributed by atoms with van der Waals surface area (Å²) in [4.78, 5) is 16.4. The van der Waals surface area contributed by atoms with Gasteiger partial charge in [-0.3, -0.25) is 9.78 Å². The molecule has 0 saturated carbocycles. The molecule has 1 aromatic rings. The molecule has 2 heterocycles. The van der Waals surface area contributed by atoms with Crippen LogP contribution in [-0.2, 0) is 4.74 Å². The average Bonchev–Trinajstić information content (AvgIpc) is 2.75. The van der Waals surface area contributed by atoms with Gasteiger partial charge in [0.1, 0.15) is 0 Å². The fourth-order valence-corrected chi connectivity index (χ4v) is 2.05. The maximum atomic E-state index is 12.3. The highest BCUT2D eigenvalue weighted by Crippen LogP contribution is 2.20. The lowest BCUT2D eigenvalue weighted by Crippen LogP contribution is -2.46. The van der Waals surface area contributed by atoms with E-state index in [4.69, 9.17) is 4.74 Å². The summed E-state index contributed by atoms with van der Waals surface area (Å²) in [6, 6.07) is 1.86. The van der Waals surface area contributed by atoms with Gasteiger partial charge in [0, 0.05) is 25.5 Å². The summed E-state index contributed by atoms with van der Waals surface area (Å²) in [6.07, 6.45) is 2.45. The van der Waals surface area contributed by atoms with Crippen LogP contribution in [0.2, 0.25) is 0 Å². The summed E-state index contributed by atoms with van der Waals surface area (Å²) < 4.78 is 5.33. The molecule has 1 aliphatic heterocycles. The molecule has 5 nitrogen and oxygen atoms in total. The minimum Gasteiger partial charge on any atom is -0.387 e. The highest BCUT2D eigenvalue weighted by molar-refractivity contribution is 5.99. The van der Waals surface area contributed by atoms with Crippen molar-refractivity contribution in [1.82, 2.24) is 10.3 Å². The van der Waals surface area contributed by atoms with Gasteiger partial charge in [-0.1, -0.05) is 0 Å². The molecule has 0 aliphatic carbocycles. The fraction of sp³-hybridized carbons (Fsp3) is 0.538. The monoisotopic (exact) mass is 249 g/mol. The number of carbonyl (C=O) groups is 1. The molecule has 1 aromatic heterocycles. The molecule has 98 valence electrons. The number of nitrogens with zero attached hydrogens (tertiary/aromatic N) is 1. The number of rotatable bonds is 3. The fourth-order valence-electron chi connectivity index (χ4n) is 2.05. The van der Waals surface area contributed by atoms with Crippen LogP contribution in [0.1, 0.15) is 29.4 Å².